The van der Waals surface area contributed by atoms with Gasteiger partial charge in [-0.25, -0.2) is 0 Å². The van der Waals surface area contributed by atoms with Crippen molar-refractivity contribution in [3.05, 3.63) is 0 Å². The summed E-state index contributed by atoms with van der Waals surface area (Å²) < 4.78 is 0. The van der Waals surface area contributed by atoms with Gasteiger partial charge in [-0.3, -0.25) is 0 Å². The van der Waals surface area contributed by atoms with Gasteiger partial charge in [0.2, 0.25) is 0 Å². The maximum Gasteiger partial charge on any atom is 0.00269 e. The third-order valence-electron chi connectivity index (χ3n) is 1.28. The molecule has 0 aromatic rings. The maximum absolute atomic E-state index is 2.33. The van der Waals surface area contributed by atoms with Crippen molar-refractivity contribution in [1.82, 2.24) is 4.90 Å². The second kappa shape index (κ2) is 12.0. The highest BCUT2D eigenvalue weighted by atomic mass is 15.1. The van der Waals surface area contributed by atoms with E-state index in [9.17, 15) is 0 Å². The van der Waals surface area contributed by atoms with E-state index < -0.39 is 0 Å². The largest absolute Gasteiger partial charge is 0.306 e. The van der Waals surface area contributed by atoms with Gasteiger partial charge in [-0.05, 0) is 19.0 Å². The summed E-state index contributed by atoms with van der Waals surface area (Å²) in [6.07, 6.45) is 0. The van der Waals surface area contributed by atoms with E-state index in [1.54, 1.807) is 0 Å². The average Bonchev–Trinajstić information content (AvgIpc) is 2.09. The van der Waals surface area contributed by atoms with Gasteiger partial charge >= 0.3 is 0 Å². The molecule has 0 aliphatic carbocycles. The smallest absolute Gasteiger partial charge is 0.00269 e. The fourth-order valence-corrected chi connectivity index (χ4v) is 0.922. The highest BCUT2D eigenvalue weighted by Gasteiger charge is 2.11. The van der Waals surface area contributed by atoms with Gasteiger partial charge in [0.25, 0.3) is 0 Å². The Labute approximate surface area is 86.5 Å². The van der Waals surface area contributed by atoms with E-state index in [0.717, 1.165) is 6.54 Å². The number of rotatable bonds is 2. The molecule has 0 spiro atoms. The molecule has 0 aliphatic heterocycles. The molecule has 0 aromatic heterocycles. The molecule has 0 radical (unpaired) electrons. The zero-order valence-corrected chi connectivity index (χ0v) is 11.4. The molecular weight excluding hydrogens is 158 g/mol. The zero-order chi connectivity index (χ0) is 11.5. The van der Waals surface area contributed by atoms with Crippen molar-refractivity contribution < 1.29 is 0 Å². The van der Waals surface area contributed by atoms with E-state index in [0.29, 0.717) is 5.41 Å². The fourth-order valence-electron chi connectivity index (χ4n) is 0.922. The van der Waals surface area contributed by atoms with Gasteiger partial charge in [-0.2, -0.15) is 0 Å². The summed E-state index contributed by atoms with van der Waals surface area (Å²) in [6, 6.07) is 0. The van der Waals surface area contributed by atoms with E-state index >= 15 is 0 Å². The Morgan fingerprint density at radius 3 is 1.31 bits per heavy atom. The van der Waals surface area contributed by atoms with Gasteiger partial charge in [0, 0.05) is 6.54 Å². The third-order valence-corrected chi connectivity index (χ3v) is 1.28. The predicted octanol–water partition coefficient (Wildman–Crippen LogP) is 4.04. The van der Waals surface area contributed by atoms with Crippen molar-refractivity contribution >= 4 is 0 Å². The summed E-state index contributed by atoms with van der Waals surface area (Å²) in [6.45, 7) is 19.3. The van der Waals surface area contributed by atoms with Crippen molar-refractivity contribution in [3.63, 3.8) is 0 Å². The van der Waals surface area contributed by atoms with Crippen molar-refractivity contribution in [2.45, 2.75) is 55.4 Å². The zero-order valence-electron chi connectivity index (χ0n) is 11.4. The molecule has 0 atom stereocenters. The highest BCUT2D eigenvalue weighted by molar-refractivity contribution is 4.64. The molecule has 84 valence electrons. The van der Waals surface area contributed by atoms with E-state index in [4.69, 9.17) is 0 Å². The molecule has 0 unspecified atom stereocenters. The molecular formula is C12H31N. The van der Waals surface area contributed by atoms with E-state index in [2.05, 4.69) is 39.6 Å². The second-order valence-corrected chi connectivity index (χ2v) is 3.89. The van der Waals surface area contributed by atoms with Gasteiger partial charge < -0.3 is 4.90 Å². The quantitative estimate of drug-likeness (QED) is 0.634. The van der Waals surface area contributed by atoms with Gasteiger partial charge in [0.1, 0.15) is 0 Å². The predicted molar refractivity (Wildman–Crippen MR) is 65.3 cm³/mol. The van der Waals surface area contributed by atoms with Gasteiger partial charge in [0.15, 0.2) is 0 Å². The molecule has 0 amide bonds. The summed E-state index contributed by atoms with van der Waals surface area (Å²) in [4.78, 5) is 2.33. The van der Waals surface area contributed by atoms with Crippen molar-refractivity contribution in [3.8, 4) is 0 Å². The molecule has 1 heteroatoms. The van der Waals surface area contributed by atoms with E-state index in [1.807, 2.05) is 27.7 Å². The van der Waals surface area contributed by atoms with Gasteiger partial charge in [-0.15, -0.1) is 0 Å². The first-order valence-corrected chi connectivity index (χ1v) is 5.64. The van der Waals surface area contributed by atoms with Crippen LogP contribution < -0.4 is 0 Å². The molecule has 0 heterocycles. The maximum atomic E-state index is 2.33. The van der Waals surface area contributed by atoms with Crippen LogP contribution in [0, 0.1) is 5.41 Å². The molecule has 0 rings (SSSR count). The first-order valence-electron chi connectivity index (χ1n) is 5.64. The summed E-state index contributed by atoms with van der Waals surface area (Å²) >= 11 is 0. The number of hydrogen-bond acceptors (Lipinski definition) is 1. The number of nitrogens with zero attached hydrogens (tertiary/aromatic N) is 1. The van der Waals surface area contributed by atoms with Crippen molar-refractivity contribution in [2.24, 2.45) is 5.41 Å². The fraction of sp³-hybridized carbons (Fsp3) is 1.00. The lowest BCUT2D eigenvalue weighted by molar-refractivity contribution is 0.236. The molecule has 0 aliphatic rings. The van der Waals surface area contributed by atoms with Crippen LogP contribution in [0.15, 0.2) is 0 Å². The van der Waals surface area contributed by atoms with Crippen molar-refractivity contribution in [1.29, 1.82) is 0 Å². The van der Waals surface area contributed by atoms with Crippen LogP contribution in [0.25, 0.3) is 0 Å². The minimum atomic E-state index is 0.449. The van der Waals surface area contributed by atoms with Crippen LogP contribution in [0.5, 0.6) is 0 Å². The van der Waals surface area contributed by atoms with E-state index in [-0.39, 0.29) is 0 Å². The lowest BCUT2D eigenvalue weighted by Gasteiger charge is -2.25. The molecule has 13 heavy (non-hydrogen) atoms. The van der Waals surface area contributed by atoms with Crippen molar-refractivity contribution in [2.75, 3.05) is 20.1 Å². The Bertz CT molecular complexity index is 71.7. The number of hydrogen-bond donors (Lipinski definition) is 0. The molecule has 0 saturated heterocycles. The molecule has 1 nitrogen and oxygen atoms in total. The normalized spacial score (nSPS) is 9.69. The van der Waals surface area contributed by atoms with Crippen LogP contribution in [-0.4, -0.2) is 25.0 Å². The topological polar surface area (TPSA) is 3.24 Å². The highest BCUT2D eigenvalue weighted by Crippen LogP contribution is 2.13. The van der Waals surface area contributed by atoms with Crippen LogP contribution in [0.1, 0.15) is 55.4 Å². The van der Waals surface area contributed by atoms with Crippen LogP contribution in [0.3, 0.4) is 0 Å². The Hall–Kier alpha value is -0.0400. The van der Waals surface area contributed by atoms with Crippen LogP contribution in [-0.2, 0) is 0 Å². The molecule has 0 N–H and O–H groups in total. The van der Waals surface area contributed by atoms with Crippen LogP contribution in [0.2, 0.25) is 0 Å². The second-order valence-electron chi connectivity index (χ2n) is 3.89. The van der Waals surface area contributed by atoms with Gasteiger partial charge in [-0.1, -0.05) is 55.4 Å². The first kappa shape index (κ1) is 18.7. The SMILES string of the molecule is CC.CC.CCN(C)CC(C)(C)C. The summed E-state index contributed by atoms with van der Waals surface area (Å²) in [5.74, 6) is 0. The molecule has 0 fully saturated rings. The Balaban J connectivity index is -0.000000218. The monoisotopic (exact) mass is 189 g/mol. The molecule has 0 saturated carbocycles. The van der Waals surface area contributed by atoms with Crippen LogP contribution in [0.4, 0.5) is 0 Å². The average molecular weight is 189 g/mol. The Kier molecular flexibility index (Phi) is 17.2. The summed E-state index contributed by atoms with van der Waals surface area (Å²) in [7, 11) is 2.16. The summed E-state index contributed by atoms with van der Waals surface area (Å²) in [5, 5.41) is 0. The first-order chi connectivity index (χ1) is 5.95. The molecule has 0 bridgehead atoms. The lowest BCUT2D eigenvalue weighted by atomic mass is 9.96. The van der Waals surface area contributed by atoms with Gasteiger partial charge in [0.05, 0.1) is 0 Å². The van der Waals surface area contributed by atoms with E-state index in [1.165, 1.54) is 6.54 Å². The lowest BCUT2D eigenvalue weighted by Crippen LogP contribution is -2.28. The minimum Gasteiger partial charge on any atom is -0.306 e. The molecule has 0 aromatic carbocycles. The Morgan fingerprint density at radius 1 is 0.923 bits per heavy atom. The third kappa shape index (κ3) is 24.5. The Morgan fingerprint density at radius 2 is 1.23 bits per heavy atom. The standard InChI is InChI=1S/C8H19N.2C2H6/c1-6-9(5)7-8(2,3)4;2*1-2/h6-7H2,1-5H3;2*1-2H3. The minimum absolute atomic E-state index is 0.449. The van der Waals surface area contributed by atoms with Crippen LogP contribution >= 0.6 is 0 Å². The summed E-state index contributed by atoms with van der Waals surface area (Å²) in [5.41, 5.74) is 0.449.